The second-order valence-corrected chi connectivity index (χ2v) is 8.97. The lowest BCUT2D eigenvalue weighted by atomic mass is 9.85. The third-order valence-electron chi connectivity index (χ3n) is 7.01. The molecule has 1 aromatic heterocycles. The van der Waals surface area contributed by atoms with Crippen molar-refractivity contribution in [2.45, 2.75) is 0 Å². The molecule has 2 nitrogen and oxygen atoms in total. The first-order valence-electron chi connectivity index (χ1n) is 11.8. The molecule has 7 rings (SSSR count). The minimum Gasteiger partial charge on any atom is -0.321 e. The van der Waals surface area contributed by atoms with Crippen molar-refractivity contribution in [2.75, 3.05) is 0 Å². The molecule has 0 fully saturated rings. The van der Waals surface area contributed by atoms with Gasteiger partial charge in [-0.25, -0.2) is 0 Å². The molecule has 0 radical (unpaired) electrons. The average Bonchev–Trinajstić information content (AvgIpc) is 2.92. The van der Waals surface area contributed by atoms with Crippen molar-refractivity contribution in [1.29, 1.82) is 0 Å². The fourth-order valence-corrected chi connectivity index (χ4v) is 5.49. The van der Waals surface area contributed by atoms with Crippen molar-refractivity contribution in [2.24, 2.45) is 0 Å². The largest absolute Gasteiger partial charge is 0.321 e. The Kier molecular flexibility index (Phi) is 4.33. The summed E-state index contributed by atoms with van der Waals surface area (Å²) in [6, 6.07) is 42.2. The number of para-hydroxylation sites is 1. The predicted octanol–water partition coefficient (Wildman–Crippen LogP) is 8.32. The zero-order valence-corrected chi connectivity index (χ0v) is 19.0. The summed E-state index contributed by atoms with van der Waals surface area (Å²) in [5.41, 5.74) is 5.57. The Morgan fingerprint density at radius 1 is 0.400 bits per heavy atom. The van der Waals surface area contributed by atoms with Crippen LogP contribution in [0.25, 0.3) is 65.5 Å². The Labute approximate surface area is 202 Å². The smallest absolute Gasteiger partial charge is 0.256 e. The molecule has 0 atom stereocenters. The van der Waals surface area contributed by atoms with Gasteiger partial charge < -0.3 is 4.98 Å². The number of rotatable bonds is 2. The lowest BCUT2D eigenvalue weighted by Crippen LogP contribution is -2.06. The Hall–Kier alpha value is -4.69. The monoisotopic (exact) mass is 447 g/mol. The fourth-order valence-electron chi connectivity index (χ4n) is 5.49. The van der Waals surface area contributed by atoms with Crippen LogP contribution in [0.1, 0.15) is 0 Å². The Morgan fingerprint density at radius 3 is 1.54 bits per heavy atom. The highest BCUT2D eigenvalue weighted by molar-refractivity contribution is 6.22. The van der Waals surface area contributed by atoms with Gasteiger partial charge in [0.05, 0.1) is 0 Å². The van der Waals surface area contributed by atoms with Gasteiger partial charge in [0.1, 0.15) is 0 Å². The molecule has 0 bridgehead atoms. The lowest BCUT2D eigenvalue weighted by Gasteiger charge is -2.18. The summed E-state index contributed by atoms with van der Waals surface area (Å²) in [5.74, 6) is 0. The number of fused-ring (bicyclic) bond motifs is 5. The van der Waals surface area contributed by atoms with Crippen LogP contribution < -0.4 is 5.56 Å². The summed E-state index contributed by atoms with van der Waals surface area (Å²) < 4.78 is 0. The van der Waals surface area contributed by atoms with E-state index in [1.807, 2.05) is 24.3 Å². The summed E-state index contributed by atoms with van der Waals surface area (Å²) in [6.45, 7) is 0. The van der Waals surface area contributed by atoms with Gasteiger partial charge in [-0.15, -0.1) is 0 Å². The minimum atomic E-state index is -0.0561. The zero-order chi connectivity index (χ0) is 23.4. The van der Waals surface area contributed by atoms with Crippen LogP contribution in [0.4, 0.5) is 0 Å². The molecule has 1 N–H and O–H groups in total. The molecule has 164 valence electrons. The van der Waals surface area contributed by atoms with E-state index in [0.29, 0.717) is 5.39 Å². The van der Waals surface area contributed by atoms with Crippen molar-refractivity contribution in [3.63, 3.8) is 0 Å². The summed E-state index contributed by atoms with van der Waals surface area (Å²) in [6.07, 6.45) is 0. The van der Waals surface area contributed by atoms with Gasteiger partial charge in [-0.3, -0.25) is 4.79 Å². The third kappa shape index (κ3) is 3.00. The van der Waals surface area contributed by atoms with Crippen molar-refractivity contribution < 1.29 is 0 Å². The highest BCUT2D eigenvalue weighted by Crippen LogP contribution is 2.44. The fraction of sp³-hybridized carbons (Fsp3) is 0. The van der Waals surface area contributed by atoms with Gasteiger partial charge in [-0.1, -0.05) is 103 Å². The maximum Gasteiger partial charge on any atom is 0.256 e. The van der Waals surface area contributed by atoms with E-state index >= 15 is 0 Å². The number of nitrogens with one attached hydrogen (secondary N) is 1. The number of aromatic nitrogens is 1. The second kappa shape index (κ2) is 7.68. The molecule has 0 saturated carbocycles. The van der Waals surface area contributed by atoms with E-state index in [4.69, 9.17) is 0 Å². The van der Waals surface area contributed by atoms with Gasteiger partial charge in [0.2, 0.25) is 0 Å². The van der Waals surface area contributed by atoms with Crippen molar-refractivity contribution in [1.82, 2.24) is 4.98 Å². The van der Waals surface area contributed by atoms with E-state index < -0.39 is 0 Å². The van der Waals surface area contributed by atoms with Gasteiger partial charge in [0.25, 0.3) is 5.56 Å². The molecule has 0 spiro atoms. The molecule has 6 aromatic carbocycles. The van der Waals surface area contributed by atoms with Gasteiger partial charge in [-0.2, -0.15) is 0 Å². The van der Waals surface area contributed by atoms with Crippen LogP contribution in [0.15, 0.2) is 126 Å². The molecule has 0 unspecified atom stereocenters. The minimum absolute atomic E-state index is 0.0561. The third-order valence-corrected chi connectivity index (χ3v) is 7.01. The zero-order valence-electron chi connectivity index (χ0n) is 19.0. The maximum absolute atomic E-state index is 12.8. The number of benzene rings is 6. The van der Waals surface area contributed by atoms with Crippen LogP contribution >= 0.6 is 0 Å². The van der Waals surface area contributed by atoms with Crippen molar-refractivity contribution in [3.8, 4) is 22.3 Å². The van der Waals surface area contributed by atoms with Gasteiger partial charge >= 0.3 is 0 Å². The number of hydrogen-bond donors (Lipinski definition) is 1. The molecule has 0 aliphatic heterocycles. The van der Waals surface area contributed by atoms with Crippen LogP contribution in [0.3, 0.4) is 0 Å². The van der Waals surface area contributed by atoms with Crippen LogP contribution in [0.5, 0.6) is 0 Å². The Balaban J connectivity index is 1.65. The van der Waals surface area contributed by atoms with Crippen molar-refractivity contribution >= 4 is 43.2 Å². The molecule has 0 saturated heterocycles. The van der Waals surface area contributed by atoms with Crippen LogP contribution in [-0.4, -0.2) is 4.98 Å². The van der Waals surface area contributed by atoms with E-state index in [1.54, 1.807) is 0 Å². The van der Waals surface area contributed by atoms with E-state index in [9.17, 15) is 4.79 Å². The summed E-state index contributed by atoms with van der Waals surface area (Å²) in [4.78, 5) is 15.8. The predicted molar refractivity (Wildman–Crippen MR) is 148 cm³/mol. The Morgan fingerprint density at radius 2 is 0.914 bits per heavy atom. The standard InChI is InChI=1S/C33H21NO/c35-33-28-19-18-22(20-29(28)23-12-8-9-17-30(23)34-33)32-26-15-6-4-13-24(26)31(21-10-2-1-3-11-21)25-14-5-7-16-27(25)32/h1-20H,(H,34,35). The molecule has 0 amide bonds. The van der Waals surface area contributed by atoms with Crippen LogP contribution in [0, 0.1) is 0 Å². The summed E-state index contributed by atoms with van der Waals surface area (Å²) in [5, 5.41) is 7.60. The van der Waals surface area contributed by atoms with Gasteiger partial charge in [0.15, 0.2) is 0 Å². The van der Waals surface area contributed by atoms with Crippen LogP contribution in [0.2, 0.25) is 0 Å². The molecular formula is C33H21NO. The maximum atomic E-state index is 12.8. The van der Waals surface area contributed by atoms with Gasteiger partial charge in [-0.05, 0) is 67.4 Å². The first kappa shape index (κ1) is 19.7. The van der Waals surface area contributed by atoms with E-state index in [1.165, 1.54) is 38.2 Å². The van der Waals surface area contributed by atoms with E-state index in [2.05, 4.69) is 102 Å². The molecular weight excluding hydrogens is 426 g/mol. The van der Waals surface area contributed by atoms with Gasteiger partial charge in [0, 0.05) is 16.3 Å². The van der Waals surface area contributed by atoms with E-state index in [-0.39, 0.29) is 5.56 Å². The second-order valence-electron chi connectivity index (χ2n) is 8.97. The Bertz CT molecular complexity index is 1910. The highest BCUT2D eigenvalue weighted by Gasteiger charge is 2.17. The first-order valence-corrected chi connectivity index (χ1v) is 11.8. The number of pyridine rings is 1. The lowest BCUT2D eigenvalue weighted by molar-refractivity contribution is 1.34. The molecule has 2 heteroatoms. The summed E-state index contributed by atoms with van der Waals surface area (Å²) >= 11 is 0. The molecule has 0 aliphatic rings. The quantitative estimate of drug-likeness (QED) is 0.210. The van der Waals surface area contributed by atoms with Crippen molar-refractivity contribution in [3.05, 3.63) is 132 Å². The highest BCUT2D eigenvalue weighted by atomic mass is 16.1. The SMILES string of the molecule is O=c1[nH]c2ccccc2c2cc(-c3c4ccccc4c(-c4ccccc4)c4ccccc34)ccc12. The molecule has 7 aromatic rings. The normalized spacial score (nSPS) is 11.5. The summed E-state index contributed by atoms with van der Waals surface area (Å²) in [7, 11) is 0. The molecule has 0 aliphatic carbocycles. The number of hydrogen-bond acceptors (Lipinski definition) is 1. The van der Waals surface area contributed by atoms with E-state index in [0.717, 1.165) is 21.9 Å². The topological polar surface area (TPSA) is 32.9 Å². The average molecular weight is 448 g/mol. The first-order chi connectivity index (χ1) is 17.3. The molecule has 35 heavy (non-hydrogen) atoms. The number of H-pyrrole nitrogens is 1. The molecule has 1 heterocycles. The number of aromatic amines is 1. The van der Waals surface area contributed by atoms with Crippen LogP contribution in [-0.2, 0) is 0 Å².